The van der Waals surface area contributed by atoms with E-state index < -0.39 is 11.4 Å². The van der Waals surface area contributed by atoms with Gasteiger partial charge in [-0.15, -0.1) is 0 Å². The van der Waals surface area contributed by atoms with E-state index in [1.165, 1.54) is 0 Å². The number of nitrogens with one attached hydrogen (secondary N) is 2. The molecule has 0 aromatic rings. The number of hydrogen-bond acceptors (Lipinski definition) is 3. The molecule has 2 unspecified atom stereocenters. The average Bonchev–Trinajstić information content (AvgIpc) is 2.98. The van der Waals surface area contributed by atoms with Gasteiger partial charge in [0.15, 0.2) is 0 Å². The predicted octanol–water partition coefficient (Wildman–Crippen LogP) is 0.910. The van der Waals surface area contributed by atoms with Crippen LogP contribution in [0.5, 0.6) is 0 Å². The van der Waals surface area contributed by atoms with Crippen LogP contribution in [-0.2, 0) is 14.4 Å². The van der Waals surface area contributed by atoms with Gasteiger partial charge in [-0.25, -0.2) is 0 Å². The monoisotopic (exact) mass is 296 g/mol. The Kier molecular flexibility index (Phi) is 4.85. The van der Waals surface area contributed by atoms with Gasteiger partial charge >= 0.3 is 5.97 Å². The highest BCUT2D eigenvalue weighted by molar-refractivity contribution is 5.83. The summed E-state index contributed by atoms with van der Waals surface area (Å²) < 4.78 is 0. The average molecular weight is 296 g/mol. The van der Waals surface area contributed by atoms with Crippen LogP contribution < -0.4 is 10.6 Å². The third kappa shape index (κ3) is 3.95. The summed E-state index contributed by atoms with van der Waals surface area (Å²) in [6, 6.07) is 0. The van der Waals surface area contributed by atoms with Gasteiger partial charge in [-0.05, 0) is 25.2 Å². The molecule has 0 aliphatic heterocycles. The van der Waals surface area contributed by atoms with E-state index >= 15 is 0 Å². The summed E-state index contributed by atoms with van der Waals surface area (Å²) in [5.74, 6) is -0.436. The van der Waals surface area contributed by atoms with Crippen LogP contribution in [0, 0.1) is 17.3 Å². The molecule has 2 amide bonds. The molecule has 2 aliphatic rings. The molecule has 2 saturated carbocycles. The fourth-order valence-electron chi connectivity index (χ4n) is 2.99. The van der Waals surface area contributed by atoms with Crippen molar-refractivity contribution in [3.63, 3.8) is 0 Å². The highest BCUT2D eigenvalue weighted by atomic mass is 16.4. The lowest BCUT2D eigenvalue weighted by Crippen LogP contribution is -2.42. The second kappa shape index (κ2) is 6.45. The van der Waals surface area contributed by atoms with E-state index in [1.54, 1.807) is 0 Å². The van der Waals surface area contributed by atoms with Crippen molar-refractivity contribution in [3.05, 3.63) is 0 Å². The molecule has 0 saturated heterocycles. The second-order valence-electron chi connectivity index (χ2n) is 6.43. The minimum Gasteiger partial charge on any atom is -0.481 e. The van der Waals surface area contributed by atoms with Gasteiger partial charge in [-0.3, -0.25) is 14.4 Å². The van der Waals surface area contributed by atoms with Gasteiger partial charge in [-0.2, -0.15) is 0 Å². The third-order valence-electron chi connectivity index (χ3n) is 4.74. The van der Waals surface area contributed by atoms with Gasteiger partial charge in [0.2, 0.25) is 11.8 Å². The van der Waals surface area contributed by atoms with E-state index in [-0.39, 0.29) is 30.7 Å². The molecule has 2 aliphatic carbocycles. The number of rotatable bonds is 7. The van der Waals surface area contributed by atoms with Crippen LogP contribution in [0.1, 0.15) is 45.4 Å². The molecule has 3 N–H and O–H groups in total. The van der Waals surface area contributed by atoms with Gasteiger partial charge in [0.25, 0.3) is 0 Å². The standard InChI is InChI=1S/C15H24N2O4/c1-10-8-11(10)13(19)16-7-4-12(18)17-9-15(14(20)21)5-2-3-6-15/h10-11H,2-9H2,1H3,(H,16,19)(H,17,18)(H,20,21). The van der Waals surface area contributed by atoms with Crippen molar-refractivity contribution in [1.29, 1.82) is 0 Å². The van der Waals surface area contributed by atoms with Crippen molar-refractivity contribution in [2.24, 2.45) is 17.3 Å². The maximum atomic E-state index is 11.7. The molecule has 21 heavy (non-hydrogen) atoms. The van der Waals surface area contributed by atoms with E-state index in [9.17, 15) is 19.5 Å². The molecule has 2 fully saturated rings. The van der Waals surface area contributed by atoms with Crippen molar-refractivity contribution in [2.75, 3.05) is 13.1 Å². The summed E-state index contributed by atoms with van der Waals surface area (Å²) in [5, 5.41) is 14.8. The topological polar surface area (TPSA) is 95.5 Å². The number of carbonyl (C=O) groups is 3. The molecule has 2 rings (SSSR count). The smallest absolute Gasteiger partial charge is 0.311 e. The van der Waals surface area contributed by atoms with Gasteiger partial charge in [-0.1, -0.05) is 19.8 Å². The molecular formula is C15H24N2O4. The van der Waals surface area contributed by atoms with Gasteiger partial charge in [0.05, 0.1) is 5.41 Å². The first kappa shape index (κ1) is 15.8. The fraction of sp³-hybridized carbons (Fsp3) is 0.800. The van der Waals surface area contributed by atoms with Gasteiger partial charge < -0.3 is 15.7 Å². The summed E-state index contributed by atoms with van der Waals surface area (Å²) >= 11 is 0. The Bertz CT molecular complexity index is 429. The minimum atomic E-state index is -0.823. The van der Waals surface area contributed by atoms with Crippen molar-refractivity contribution in [2.45, 2.75) is 45.4 Å². The summed E-state index contributed by atoms with van der Waals surface area (Å²) in [5.41, 5.74) is -0.789. The number of amides is 2. The van der Waals surface area contributed by atoms with Crippen molar-refractivity contribution >= 4 is 17.8 Å². The summed E-state index contributed by atoms with van der Waals surface area (Å²) in [6.45, 7) is 2.53. The summed E-state index contributed by atoms with van der Waals surface area (Å²) in [4.78, 5) is 34.7. The Morgan fingerprint density at radius 1 is 1.19 bits per heavy atom. The molecule has 0 aromatic carbocycles. The largest absolute Gasteiger partial charge is 0.481 e. The molecule has 0 radical (unpaired) electrons. The zero-order valence-electron chi connectivity index (χ0n) is 12.5. The van der Waals surface area contributed by atoms with E-state index in [4.69, 9.17) is 0 Å². The Morgan fingerprint density at radius 2 is 1.81 bits per heavy atom. The Balaban J connectivity index is 1.65. The third-order valence-corrected chi connectivity index (χ3v) is 4.74. The van der Waals surface area contributed by atoms with Crippen molar-refractivity contribution in [1.82, 2.24) is 10.6 Å². The molecular weight excluding hydrogens is 272 g/mol. The fourth-order valence-corrected chi connectivity index (χ4v) is 2.99. The summed E-state index contributed by atoms with van der Waals surface area (Å²) in [7, 11) is 0. The zero-order valence-corrected chi connectivity index (χ0v) is 12.5. The highest BCUT2D eigenvalue weighted by Crippen LogP contribution is 2.38. The van der Waals surface area contributed by atoms with E-state index in [0.29, 0.717) is 25.3 Å². The first-order chi connectivity index (χ1) is 9.94. The maximum Gasteiger partial charge on any atom is 0.311 e. The van der Waals surface area contributed by atoms with Crippen LogP contribution in [0.3, 0.4) is 0 Å². The normalized spacial score (nSPS) is 26.1. The van der Waals surface area contributed by atoms with Crippen LogP contribution in [0.2, 0.25) is 0 Å². The lowest BCUT2D eigenvalue weighted by Gasteiger charge is -2.23. The van der Waals surface area contributed by atoms with Crippen LogP contribution in [0.4, 0.5) is 0 Å². The highest BCUT2D eigenvalue weighted by Gasteiger charge is 2.41. The van der Waals surface area contributed by atoms with Crippen molar-refractivity contribution < 1.29 is 19.5 Å². The van der Waals surface area contributed by atoms with Crippen LogP contribution in [-0.4, -0.2) is 36.0 Å². The minimum absolute atomic E-state index is 0.0214. The van der Waals surface area contributed by atoms with Gasteiger partial charge in [0.1, 0.15) is 0 Å². The van der Waals surface area contributed by atoms with Crippen LogP contribution in [0.15, 0.2) is 0 Å². The number of aliphatic carboxylic acids is 1. The lowest BCUT2D eigenvalue weighted by atomic mass is 9.86. The maximum absolute atomic E-state index is 11.7. The van der Waals surface area contributed by atoms with E-state index in [1.807, 2.05) is 6.92 Å². The predicted molar refractivity (Wildman–Crippen MR) is 76.4 cm³/mol. The van der Waals surface area contributed by atoms with Crippen molar-refractivity contribution in [3.8, 4) is 0 Å². The SMILES string of the molecule is CC1CC1C(=O)NCCC(=O)NCC1(C(=O)O)CCCC1. The van der Waals surface area contributed by atoms with Crippen LogP contribution >= 0.6 is 0 Å². The lowest BCUT2D eigenvalue weighted by molar-refractivity contribution is -0.148. The molecule has 0 spiro atoms. The Hall–Kier alpha value is -1.59. The number of carbonyl (C=O) groups excluding carboxylic acids is 2. The molecule has 118 valence electrons. The molecule has 0 bridgehead atoms. The number of hydrogen-bond donors (Lipinski definition) is 3. The number of carboxylic acids is 1. The zero-order chi connectivity index (χ0) is 15.5. The molecule has 6 heteroatoms. The first-order valence-corrected chi connectivity index (χ1v) is 7.72. The van der Waals surface area contributed by atoms with Crippen LogP contribution in [0.25, 0.3) is 0 Å². The molecule has 0 aromatic heterocycles. The molecule has 0 heterocycles. The molecule has 2 atom stereocenters. The Morgan fingerprint density at radius 3 is 2.33 bits per heavy atom. The Labute approximate surface area is 124 Å². The quantitative estimate of drug-likeness (QED) is 0.650. The number of carboxylic acid groups (broad SMARTS) is 1. The van der Waals surface area contributed by atoms with E-state index in [2.05, 4.69) is 10.6 Å². The summed E-state index contributed by atoms with van der Waals surface area (Å²) in [6.07, 6.45) is 4.18. The first-order valence-electron chi connectivity index (χ1n) is 7.72. The molecule has 6 nitrogen and oxygen atoms in total. The van der Waals surface area contributed by atoms with E-state index in [0.717, 1.165) is 19.3 Å². The second-order valence-corrected chi connectivity index (χ2v) is 6.43. The van der Waals surface area contributed by atoms with Gasteiger partial charge in [0, 0.05) is 25.4 Å².